The predicted molar refractivity (Wildman–Crippen MR) is 127 cm³/mol. The van der Waals surface area contributed by atoms with Gasteiger partial charge < -0.3 is 15.1 Å². The molecule has 164 valence electrons. The Bertz CT molecular complexity index is 1090. The first-order chi connectivity index (χ1) is 15.0. The molecule has 8 heteroatoms. The summed E-state index contributed by atoms with van der Waals surface area (Å²) in [4.78, 5) is 37.3. The fourth-order valence-electron chi connectivity index (χ4n) is 4.02. The molecule has 1 atom stereocenters. The SMILES string of the molecule is CN(C)CCCNC(=O)[C@H]1CCCN(c2nc3c(-c4ccccc4)csc3c(=O)[nH]2)C1. The van der Waals surface area contributed by atoms with Crippen LogP contribution in [0.2, 0.25) is 0 Å². The number of nitrogens with one attached hydrogen (secondary N) is 2. The summed E-state index contributed by atoms with van der Waals surface area (Å²) in [6.07, 6.45) is 2.68. The average Bonchev–Trinajstić information content (AvgIpc) is 3.22. The van der Waals surface area contributed by atoms with Crippen molar-refractivity contribution in [2.24, 2.45) is 5.92 Å². The molecule has 0 aliphatic carbocycles. The van der Waals surface area contributed by atoms with E-state index in [0.717, 1.165) is 49.0 Å². The van der Waals surface area contributed by atoms with Crippen molar-refractivity contribution in [2.75, 3.05) is 45.2 Å². The number of rotatable bonds is 7. The smallest absolute Gasteiger partial charge is 0.270 e. The van der Waals surface area contributed by atoms with Crippen LogP contribution in [0.3, 0.4) is 0 Å². The zero-order chi connectivity index (χ0) is 21.8. The van der Waals surface area contributed by atoms with Crippen LogP contribution in [0.5, 0.6) is 0 Å². The monoisotopic (exact) mass is 439 g/mol. The Morgan fingerprint density at radius 2 is 2.13 bits per heavy atom. The van der Waals surface area contributed by atoms with Crippen LogP contribution in [-0.2, 0) is 4.79 Å². The van der Waals surface area contributed by atoms with Crippen LogP contribution in [0, 0.1) is 5.92 Å². The van der Waals surface area contributed by atoms with Gasteiger partial charge in [-0.25, -0.2) is 4.98 Å². The van der Waals surface area contributed by atoms with Crippen molar-refractivity contribution < 1.29 is 4.79 Å². The third kappa shape index (κ3) is 4.97. The summed E-state index contributed by atoms with van der Waals surface area (Å²) < 4.78 is 0.634. The molecule has 1 aromatic carbocycles. The second-order valence-electron chi connectivity index (χ2n) is 8.32. The van der Waals surface area contributed by atoms with Crippen molar-refractivity contribution >= 4 is 33.4 Å². The van der Waals surface area contributed by atoms with Gasteiger partial charge in [0.2, 0.25) is 11.9 Å². The molecule has 1 aliphatic heterocycles. The summed E-state index contributed by atoms with van der Waals surface area (Å²) in [5, 5.41) is 5.06. The number of fused-ring (bicyclic) bond motifs is 1. The summed E-state index contributed by atoms with van der Waals surface area (Å²) in [6, 6.07) is 10.0. The van der Waals surface area contributed by atoms with Crippen LogP contribution < -0.4 is 15.8 Å². The fraction of sp³-hybridized carbons (Fsp3) is 0.435. The number of H-pyrrole nitrogens is 1. The maximum Gasteiger partial charge on any atom is 0.270 e. The van der Waals surface area contributed by atoms with Crippen LogP contribution in [0.15, 0.2) is 40.5 Å². The number of nitrogens with zero attached hydrogens (tertiary/aromatic N) is 3. The molecule has 4 rings (SSSR count). The van der Waals surface area contributed by atoms with Crippen LogP contribution in [0.4, 0.5) is 5.95 Å². The molecule has 2 aromatic heterocycles. The summed E-state index contributed by atoms with van der Waals surface area (Å²) in [7, 11) is 4.06. The molecule has 31 heavy (non-hydrogen) atoms. The Balaban J connectivity index is 1.51. The highest BCUT2D eigenvalue weighted by Gasteiger charge is 2.27. The van der Waals surface area contributed by atoms with E-state index in [1.54, 1.807) is 0 Å². The molecule has 1 fully saturated rings. The molecule has 3 heterocycles. The summed E-state index contributed by atoms with van der Waals surface area (Å²) in [5.74, 6) is 0.552. The third-order valence-electron chi connectivity index (χ3n) is 5.67. The minimum absolute atomic E-state index is 0.0902. The van der Waals surface area contributed by atoms with Gasteiger partial charge in [0.25, 0.3) is 5.56 Å². The predicted octanol–water partition coefficient (Wildman–Crippen LogP) is 2.94. The van der Waals surface area contributed by atoms with Gasteiger partial charge in [0.05, 0.1) is 11.4 Å². The zero-order valence-corrected chi connectivity index (χ0v) is 18.9. The molecule has 0 bridgehead atoms. The molecule has 0 radical (unpaired) electrons. The number of carbonyl (C=O) groups is 1. The fourth-order valence-corrected chi connectivity index (χ4v) is 4.93. The second kappa shape index (κ2) is 9.62. The Morgan fingerprint density at radius 1 is 1.32 bits per heavy atom. The molecular weight excluding hydrogens is 410 g/mol. The van der Waals surface area contributed by atoms with Crippen molar-refractivity contribution in [1.29, 1.82) is 0 Å². The van der Waals surface area contributed by atoms with E-state index in [9.17, 15) is 9.59 Å². The van der Waals surface area contributed by atoms with E-state index >= 15 is 0 Å². The molecule has 3 aromatic rings. The van der Waals surface area contributed by atoms with Gasteiger partial charge in [-0.05, 0) is 45.5 Å². The molecule has 1 aliphatic rings. The number of carbonyl (C=O) groups excluding carboxylic acids is 1. The lowest BCUT2D eigenvalue weighted by atomic mass is 9.97. The second-order valence-corrected chi connectivity index (χ2v) is 9.20. The van der Waals surface area contributed by atoms with Gasteiger partial charge in [-0.15, -0.1) is 11.3 Å². The number of piperidine rings is 1. The average molecular weight is 440 g/mol. The number of aromatic nitrogens is 2. The van der Waals surface area contributed by atoms with Gasteiger partial charge in [-0.3, -0.25) is 14.6 Å². The minimum Gasteiger partial charge on any atom is -0.356 e. The first-order valence-corrected chi connectivity index (χ1v) is 11.6. The van der Waals surface area contributed by atoms with Crippen molar-refractivity contribution in [1.82, 2.24) is 20.2 Å². The molecule has 1 amide bonds. The Labute approximate surface area is 186 Å². The lowest BCUT2D eigenvalue weighted by Gasteiger charge is -2.32. The number of aromatic amines is 1. The van der Waals surface area contributed by atoms with Crippen LogP contribution in [0.1, 0.15) is 19.3 Å². The lowest BCUT2D eigenvalue weighted by molar-refractivity contribution is -0.125. The van der Waals surface area contributed by atoms with Gasteiger partial charge in [-0.2, -0.15) is 0 Å². The largest absolute Gasteiger partial charge is 0.356 e. The summed E-state index contributed by atoms with van der Waals surface area (Å²) >= 11 is 1.42. The lowest BCUT2D eigenvalue weighted by Crippen LogP contribution is -2.44. The van der Waals surface area contributed by atoms with Crippen LogP contribution in [-0.4, -0.2) is 61.0 Å². The van der Waals surface area contributed by atoms with Crippen molar-refractivity contribution in [2.45, 2.75) is 19.3 Å². The van der Waals surface area contributed by atoms with Crippen LogP contribution >= 0.6 is 11.3 Å². The minimum atomic E-state index is -0.123. The molecule has 0 unspecified atom stereocenters. The van der Waals surface area contributed by atoms with E-state index in [0.29, 0.717) is 23.7 Å². The highest BCUT2D eigenvalue weighted by Crippen LogP contribution is 2.32. The number of anilines is 1. The highest BCUT2D eigenvalue weighted by molar-refractivity contribution is 7.17. The van der Waals surface area contributed by atoms with Gasteiger partial charge in [0, 0.05) is 30.6 Å². The van der Waals surface area contributed by atoms with Gasteiger partial charge in [-0.1, -0.05) is 30.3 Å². The molecule has 0 spiro atoms. The number of hydrogen-bond donors (Lipinski definition) is 2. The number of benzene rings is 1. The van der Waals surface area contributed by atoms with Crippen molar-refractivity contribution in [3.63, 3.8) is 0 Å². The molecular formula is C23H29N5O2S. The van der Waals surface area contributed by atoms with E-state index in [2.05, 4.69) is 15.2 Å². The first kappa shape index (κ1) is 21.5. The normalized spacial score (nSPS) is 16.7. The van der Waals surface area contributed by atoms with Crippen LogP contribution in [0.25, 0.3) is 21.3 Å². The summed E-state index contributed by atoms with van der Waals surface area (Å²) in [6.45, 7) is 2.99. The van der Waals surface area contributed by atoms with Gasteiger partial charge in [0.15, 0.2) is 0 Å². The van der Waals surface area contributed by atoms with Crippen molar-refractivity contribution in [3.8, 4) is 11.1 Å². The molecule has 0 saturated carbocycles. The zero-order valence-electron chi connectivity index (χ0n) is 18.1. The number of hydrogen-bond acceptors (Lipinski definition) is 6. The standard InChI is InChI=1S/C23H29N5O2S/c1-27(2)12-7-11-24-21(29)17-10-6-13-28(14-17)23-25-19-18(16-8-4-3-5-9-16)15-31-20(19)22(30)26-23/h3-5,8-9,15,17H,6-7,10-14H2,1-2H3,(H,24,29)(H,25,26,30)/t17-/m0/s1. The van der Waals surface area contributed by atoms with E-state index in [1.807, 2.05) is 54.7 Å². The Hall–Kier alpha value is -2.71. The maximum absolute atomic E-state index is 12.7. The third-order valence-corrected chi connectivity index (χ3v) is 6.64. The van der Waals surface area contributed by atoms with Gasteiger partial charge in [0.1, 0.15) is 4.70 Å². The highest BCUT2D eigenvalue weighted by atomic mass is 32.1. The van der Waals surface area contributed by atoms with Crippen molar-refractivity contribution in [3.05, 3.63) is 46.1 Å². The quantitative estimate of drug-likeness (QED) is 0.553. The van der Waals surface area contributed by atoms with E-state index in [4.69, 9.17) is 4.98 Å². The number of thiophene rings is 1. The van der Waals surface area contributed by atoms with E-state index < -0.39 is 0 Å². The molecule has 2 N–H and O–H groups in total. The maximum atomic E-state index is 12.7. The van der Waals surface area contributed by atoms with E-state index in [1.165, 1.54) is 11.3 Å². The Kier molecular flexibility index (Phi) is 6.67. The Morgan fingerprint density at radius 3 is 2.90 bits per heavy atom. The summed E-state index contributed by atoms with van der Waals surface area (Å²) in [5.41, 5.74) is 2.62. The number of amides is 1. The molecule has 1 saturated heterocycles. The first-order valence-electron chi connectivity index (χ1n) is 10.8. The topological polar surface area (TPSA) is 81.3 Å². The molecule has 7 nitrogen and oxygen atoms in total. The van der Waals surface area contributed by atoms with E-state index in [-0.39, 0.29) is 17.4 Å². The van der Waals surface area contributed by atoms with Gasteiger partial charge >= 0.3 is 0 Å².